The number of carbonyl (C=O) groups excluding carboxylic acids is 1. The van der Waals surface area contributed by atoms with E-state index in [0.717, 1.165) is 5.92 Å². The van der Waals surface area contributed by atoms with Gasteiger partial charge < -0.3 is 5.32 Å². The maximum Gasteiger partial charge on any atom is 0.270 e. The molecule has 4 atom stereocenters. The van der Waals surface area contributed by atoms with Crippen molar-refractivity contribution in [2.24, 2.45) is 17.8 Å². The van der Waals surface area contributed by atoms with Gasteiger partial charge in [-0.3, -0.25) is 14.9 Å². The Bertz CT molecular complexity index is 619. The second-order valence-electron chi connectivity index (χ2n) is 6.52. The van der Waals surface area contributed by atoms with E-state index in [-0.39, 0.29) is 28.2 Å². The number of nitrogens with one attached hydrogen (secondary N) is 1. The van der Waals surface area contributed by atoms with Crippen molar-refractivity contribution in [1.29, 1.82) is 0 Å². The van der Waals surface area contributed by atoms with Crippen LogP contribution in [0.2, 0.25) is 5.02 Å². The van der Waals surface area contributed by atoms with E-state index in [0.29, 0.717) is 11.8 Å². The summed E-state index contributed by atoms with van der Waals surface area (Å²) >= 11 is 6.02. The molecule has 2 saturated carbocycles. The third-order valence-electron chi connectivity index (χ3n) is 5.20. The largest absolute Gasteiger partial charge is 0.349 e. The zero-order valence-electron chi connectivity index (χ0n) is 12.4. The van der Waals surface area contributed by atoms with Gasteiger partial charge >= 0.3 is 0 Å². The molecule has 0 heterocycles. The maximum atomic E-state index is 12.4. The highest BCUT2D eigenvalue weighted by Crippen LogP contribution is 2.49. The monoisotopic (exact) mass is 322 g/mol. The van der Waals surface area contributed by atoms with E-state index in [1.54, 1.807) is 0 Å². The Labute approximate surface area is 134 Å². The van der Waals surface area contributed by atoms with Crippen molar-refractivity contribution in [2.75, 3.05) is 0 Å². The molecule has 5 nitrogen and oxygen atoms in total. The summed E-state index contributed by atoms with van der Waals surface area (Å²) < 4.78 is 0. The summed E-state index contributed by atoms with van der Waals surface area (Å²) in [6.45, 7) is 2.02. The van der Waals surface area contributed by atoms with Crippen LogP contribution in [0.15, 0.2) is 18.2 Å². The Hall–Kier alpha value is -1.62. The van der Waals surface area contributed by atoms with Crippen molar-refractivity contribution in [3.05, 3.63) is 38.9 Å². The van der Waals surface area contributed by atoms with E-state index in [1.165, 1.54) is 43.9 Å². The fourth-order valence-corrected chi connectivity index (χ4v) is 4.30. The van der Waals surface area contributed by atoms with E-state index in [1.807, 2.05) is 6.92 Å². The van der Waals surface area contributed by atoms with Crippen molar-refractivity contribution in [3.8, 4) is 0 Å². The molecule has 1 aromatic rings. The van der Waals surface area contributed by atoms with Crippen LogP contribution in [0.3, 0.4) is 0 Å². The van der Waals surface area contributed by atoms with Crippen LogP contribution < -0.4 is 5.32 Å². The summed E-state index contributed by atoms with van der Waals surface area (Å²) in [5, 5.41) is 14.1. The van der Waals surface area contributed by atoms with Gasteiger partial charge in [-0.1, -0.05) is 18.0 Å². The second kappa shape index (κ2) is 5.88. The summed E-state index contributed by atoms with van der Waals surface area (Å²) in [6, 6.07) is 4.01. The van der Waals surface area contributed by atoms with Crippen molar-refractivity contribution in [1.82, 2.24) is 5.32 Å². The average molecular weight is 323 g/mol. The van der Waals surface area contributed by atoms with Crippen LogP contribution in [0.1, 0.15) is 43.0 Å². The zero-order valence-corrected chi connectivity index (χ0v) is 13.2. The number of nitro benzene ring substituents is 1. The Balaban J connectivity index is 1.71. The molecule has 118 valence electrons. The third-order valence-corrected chi connectivity index (χ3v) is 5.53. The summed E-state index contributed by atoms with van der Waals surface area (Å²) in [7, 11) is 0. The molecule has 0 aromatic heterocycles. The molecule has 0 spiro atoms. The number of hydrogen-bond acceptors (Lipinski definition) is 3. The van der Waals surface area contributed by atoms with Crippen LogP contribution in [0.25, 0.3) is 0 Å². The van der Waals surface area contributed by atoms with Crippen LogP contribution >= 0.6 is 11.6 Å². The van der Waals surface area contributed by atoms with Gasteiger partial charge in [0.15, 0.2) is 0 Å². The highest BCUT2D eigenvalue weighted by Gasteiger charge is 2.42. The van der Waals surface area contributed by atoms with Gasteiger partial charge in [0.1, 0.15) is 0 Å². The smallest absolute Gasteiger partial charge is 0.270 e. The predicted molar refractivity (Wildman–Crippen MR) is 84.0 cm³/mol. The minimum absolute atomic E-state index is 0.0677. The van der Waals surface area contributed by atoms with Crippen molar-refractivity contribution in [3.63, 3.8) is 0 Å². The third kappa shape index (κ3) is 2.82. The zero-order chi connectivity index (χ0) is 15.9. The lowest BCUT2D eigenvalue weighted by molar-refractivity contribution is -0.384. The van der Waals surface area contributed by atoms with Gasteiger partial charge in [-0.15, -0.1) is 0 Å². The molecule has 1 aromatic carbocycles. The fourth-order valence-electron chi connectivity index (χ4n) is 4.10. The molecule has 0 radical (unpaired) electrons. The number of nitrogens with zero attached hydrogens (tertiary/aromatic N) is 1. The lowest BCUT2D eigenvalue weighted by atomic mass is 9.84. The van der Waals surface area contributed by atoms with Gasteiger partial charge in [-0.25, -0.2) is 0 Å². The molecular formula is C16H19ClN2O3. The molecule has 3 rings (SSSR count). The quantitative estimate of drug-likeness (QED) is 0.677. The minimum Gasteiger partial charge on any atom is -0.349 e. The Morgan fingerprint density at radius 3 is 2.77 bits per heavy atom. The van der Waals surface area contributed by atoms with Crippen LogP contribution in [0.5, 0.6) is 0 Å². The van der Waals surface area contributed by atoms with Gasteiger partial charge in [0.2, 0.25) is 0 Å². The van der Waals surface area contributed by atoms with E-state index >= 15 is 0 Å². The fraction of sp³-hybridized carbons (Fsp3) is 0.562. The number of carbonyl (C=O) groups is 1. The molecule has 1 N–H and O–H groups in total. The van der Waals surface area contributed by atoms with Crippen molar-refractivity contribution in [2.45, 2.75) is 38.6 Å². The van der Waals surface area contributed by atoms with E-state index in [2.05, 4.69) is 5.32 Å². The molecule has 2 aliphatic rings. The van der Waals surface area contributed by atoms with E-state index in [4.69, 9.17) is 11.6 Å². The lowest BCUT2D eigenvalue weighted by Gasteiger charge is -2.28. The minimum atomic E-state index is -0.521. The van der Waals surface area contributed by atoms with Gasteiger partial charge in [0.05, 0.1) is 15.5 Å². The highest BCUT2D eigenvalue weighted by atomic mass is 35.5. The first-order chi connectivity index (χ1) is 10.5. The standard InChI is InChI=1S/C16H19ClN2O3/c1-9(13-7-10-2-3-11(13)6-10)18-16(20)14-8-12(19(21)22)4-5-15(14)17/h4-5,8-11,13H,2-3,6-7H2,1H3,(H,18,20)/t9-,10+,11+,13-/m0/s1. The molecule has 0 aliphatic heterocycles. The number of amides is 1. The number of halogens is 1. The number of benzene rings is 1. The molecule has 22 heavy (non-hydrogen) atoms. The van der Waals surface area contributed by atoms with Gasteiger partial charge in [-0.2, -0.15) is 0 Å². The predicted octanol–water partition coefficient (Wildman–Crippen LogP) is 3.80. The van der Waals surface area contributed by atoms with Gasteiger partial charge in [0, 0.05) is 18.2 Å². The highest BCUT2D eigenvalue weighted by molar-refractivity contribution is 6.33. The lowest BCUT2D eigenvalue weighted by Crippen LogP contribution is -2.40. The summed E-state index contributed by atoms with van der Waals surface area (Å²) in [6.07, 6.45) is 5.03. The first kappa shape index (κ1) is 15.3. The number of fused-ring (bicyclic) bond motifs is 2. The molecule has 1 amide bonds. The van der Waals surface area contributed by atoms with Crippen LogP contribution in [-0.2, 0) is 0 Å². The number of non-ortho nitro benzene ring substituents is 1. The van der Waals surface area contributed by atoms with Crippen LogP contribution in [-0.4, -0.2) is 16.9 Å². The summed E-state index contributed by atoms with van der Waals surface area (Å²) in [5.74, 6) is 1.71. The first-order valence-corrected chi connectivity index (χ1v) is 8.08. The average Bonchev–Trinajstić information content (AvgIpc) is 3.09. The second-order valence-corrected chi connectivity index (χ2v) is 6.93. The molecule has 0 unspecified atom stereocenters. The maximum absolute atomic E-state index is 12.4. The van der Waals surface area contributed by atoms with E-state index < -0.39 is 4.92 Å². The van der Waals surface area contributed by atoms with Crippen molar-refractivity contribution >= 4 is 23.2 Å². The van der Waals surface area contributed by atoms with Crippen LogP contribution in [0, 0.1) is 27.9 Å². The Morgan fingerprint density at radius 1 is 1.41 bits per heavy atom. The molecule has 2 fully saturated rings. The van der Waals surface area contributed by atoms with Crippen molar-refractivity contribution < 1.29 is 9.72 Å². The normalized spacial score (nSPS) is 27.6. The molecule has 2 bridgehead atoms. The molecule has 6 heteroatoms. The molecular weight excluding hydrogens is 304 g/mol. The molecule has 2 aliphatic carbocycles. The SMILES string of the molecule is C[C@H](NC(=O)c1cc([N+](=O)[O-])ccc1Cl)[C@@H]1C[C@@H]2CC[C@@H]1C2. The summed E-state index contributed by atoms with van der Waals surface area (Å²) in [4.78, 5) is 22.7. The van der Waals surface area contributed by atoms with E-state index in [9.17, 15) is 14.9 Å². The van der Waals surface area contributed by atoms with Crippen LogP contribution in [0.4, 0.5) is 5.69 Å². The Morgan fingerprint density at radius 2 is 2.18 bits per heavy atom. The summed E-state index contributed by atoms with van der Waals surface area (Å²) in [5.41, 5.74) is 0.0491. The van der Waals surface area contributed by atoms with Gasteiger partial charge in [-0.05, 0) is 50.0 Å². The number of nitro groups is 1. The topological polar surface area (TPSA) is 72.2 Å². The van der Waals surface area contributed by atoms with Gasteiger partial charge in [0.25, 0.3) is 11.6 Å². The Kier molecular flexibility index (Phi) is 4.08. The number of rotatable bonds is 4. The number of hydrogen-bond donors (Lipinski definition) is 1. The molecule has 0 saturated heterocycles. The first-order valence-electron chi connectivity index (χ1n) is 7.70.